The van der Waals surface area contributed by atoms with Crippen LogP contribution in [-0.2, 0) is 19.4 Å². The van der Waals surface area contributed by atoms with Crippen LogP contribution >= 0.6 is 11.6 Å². The highest BCUT2D eigenvalue weighted by Gasteiger charge is 2.31. The first-order valence-corrected chi connectivity index (χ1v) is 9.22. The van der Waals surface area contributed by atoms with Crippen LogP contribution in [0.5, 0.6) is 0 Å². The van der Waals surface area contributed by atoms with Crippen molar-refractivity contribution in [1.82, 2.24) is 0 Å². The van der Waals surface area contributed by atoms with Gasteiger partial charge in [-0.3, -0.25) is 9.59 Å². The summed E-state index contributed by atoms with van der Waals surface area (Å²) in [7, 11) is -3.46. The molecule has 0 saturated heterocycles. The van der Waals surface area contributed by atoms with E-state index in [0.29, 0.717) is 18.4 Å². The van der Waals surface area contributed by atoms with Gasteiger partial charge in [0.1, 0.15) is 5.78 Å². The van der Waals surface area contributed by atoms with Gasteiger partial charge in [0.2, 0.25) is 0 Å². The maximum Gasteiger partial charge on any atom is 0.310 e. The smallest absolute Gasteiger partial charge is 0.310 e. The van der Waals surface area contributed by atoms with Crippen LogP contribution in [0.2, 0.25) is 5.02 Å². The molecule has 120 valence electrons. The Morgan fingerprint density at radius 1 is 1.45 bits per heavy atom. The highest BCUT2D eigenvalue weighted by atomic mass is 35.5. The molecule has 0 radical (unpaired) electrons. The number of carbonyl (C=O) groups excluding carboxylic acids is 1. The van der Waals surface area contributed by atoms with Crippen molar-refractivity contribution in [2.45, 2.75) is 36.5 Å². The van der Waals surface area contributed by atoms with Gasteiger partial charge in [0.05, 0.1) is 15.8 Å². The van der Waals surface area contributed by atoms with Crippen LogP contribution in [0.25, 0.3) is 0 Å². The van der Waals surface area contributed by atoms with Crippen LogP contribution in [0.3, 0.4) is 0 Å². The van der Waals surface area contributed by atoms with Crippen LogP contribution in [0, 0.1) is 5.92 Å². The van der Waals surface area contributed by atoms with Gasteiger partial charge < -0.3 is 5.11 Å². The van der Waals surface area contributed by atoms with Gasteiger partial charge in [0.25, 0.3) is 0 Å². The van der Waals surface area contributed by atoms with Crippen molar-refractivity contribution in [1.29, 1.82) is 0 Å². The molecule has 1 aromatic carbocycles. The molecule has 0 aromatic heterocycles. The van der Waals surface area contributed by atoms with Gasteiger partial charge in [-0.1, -0.05) is 17.7 Å². The first kappa shape index (κ1) is 17.0. The van der Waals surface area contributed by atoms with Crippen molar-refractivity contribution < 1.29 is 23.1 Å². The molecule has 1 aromatic rings. The second-order valence-electron chi connectivity index (χ2n) is 5.64. The molecule has 1 saturated carbocycles. The summed E-state index contributed by atoms with van der Waals surface area (Å²) in [5.74, 6) is -2.04. The number of Topliss-reactive ketones (excluding diaryl/α,β-unsaturated/α-hetero) is 1. The Bertz CT molecular complexity index is 711. The Labute approximate surface area is 134 Å². The molecule has 0 heterocycles. The number of benzene rings is 1. The fourth-order valence-electron chi connectivity index (χ4n) is 2.84. The van der Waals surface area contributed by atoms with Gasteiger partial charge in [0, 0.05) is 18.6 Å². The highest BCUT2D eigenvalue weighted by molar-refractivity contribution is 7.90. The molecule has 2 atom stereocenters. The Balaban J connectivity index is 2.31. The van der Waals surface area contributed by atoms with E-state index in [1.807, 2.05) is 0 Å². The zero-order chi connectivity index (χ0) is 16.5. The van der Waals surface area contributed by atoms with Gasteiger partial charge >= 0.3 is 5.97 Å². The summed E-state index contributed by atoms with van der Waals surface area (Å²) in [5, 5.41) is 9.42. The lowest BCUT2D eigenvalue weighted by Crippen LogP contribution is -2.18. The summed E-state index contributed by atoms with van der Waals surface area (Å²) in [6, 6.07) is 4.15. The summed E-state index contributed by atoms with van der Waals surface area (Å²) >= 11 is 5.97. The Kier molecular flexibility index (Phi) is 4.92. The monoisotopic (exact) mass is 344 g/mol. The minimum absolute atomic E-state index is 0.00370. The van der Waals surface area contributed by atoms with Gasteiger partial charge in [-0.2, -0.15) is 0 Å². The standard InChI is InChI=1S/C15H17ClO5S/c1-22(20,21)14-6-5-9(8-12(14)16)11(15(18)19)7-10-3-2-4-13(10)17/h5-6,8,10-11H,2-4,7H2,1H3,(H,18,19)/t10-,11+/m0/s1. The SMILES string of the molecule is CS(=O)(=O)c1ccc([C@@H](C[C@@H]2CCCC2=O)C(=O)O)cc1Cl. The van der Waals surface area contributed by atoms with Crippen molar-refractivity contribution in [2.75, 3.05) is 6.26 Å². The third kappa shape index (κ3) is 3.67. The number of ketones is 1. The summed E-state index contributed by atoms with van der Waals surface area (Å²) in [5.41, 5.74) is 0.421. The normalized spacial score (nSPS) is 20.1. The van der Waals surface area contributed by atoms with E-state index < -0.39 is 21.7 Å². The topological polar surface area (TPSA) is 88.5 Å². The number of carbonyl (C=O) groups is 2. The number of sulfone groups is 1. The minimum Gasteiger partial charge on any atom is -0.481 e. The van der Waals surface area contributed by atoms with E-state index in [1.165, 1.54) is 18.2 Å². The lowest BCUT2D eigenvalue weighted by atomic mass is 9.87. The molecule has 1 fully saturated rings. The molecular weight excluding hydrogens is 328 g/mol. The summed E-state index contributed by atoms with van der Waals surface area (Å²) in [4.78, 5) is 23.2. The van der Waals surface area contributed by atoms with Crippen LogP contribution < -0.4 is 0 Å². The maximum absolute atomic E-state index is 11.7. The number of hydrogen-bond donors (Lipinski definition) is 1. The van der Waals surface area contributed by atoms with Crippen molar-refractivity contribution >= 4 is 33.2 Å². The van der Waals surface area contributed by atoms with Crippen molar-refractivity contribution in [3.05, 3.63) is 28.8 Å². The van der Waals surface area contributed by atoms with Gasteiger partial charge in [-0.25, -0.2) is 8.42 Å². The molecule has 0 aliphatic heterocycles. The molecular formula is C15H17ClO5S. The molecule has 22 heavy (non-hydrogen) atoms. The third-order valence-corrected chi connectivity index (χ3v) is 5.59. The molecule has 0 spiro atoms. The Morgan fingerprint density at radius 3 is 2.59 bits per heavy atom. The van der Waals surface area contributed by atoms with Gasteiger partial charge in [-0.15, -0.1) is 0 Å². The number of rotatable bonds is 5. The van der Waals surface area contributed by atoms with Crippen molar-refractivity contribution in [3.63, 3.8) is 0 Å². The van der Waals surface area contributed by atoms with Crippen LogP contribution in [-0.4, -0.2) is 31.5 Å². The van der Waals surface area contributed by atoms with Crippen molar-refractivity contribution in [3.8, 4) is 0 Å². The van der Waals surface area contributed by atoms with E-state index in [0.717, 1.165) is 12.7 Å². The molecule has 1 aliphatic carbocycles. The predicted molar refractivity (Wildman–Crippen MR) is 81.9 cm³/mol. The average Bonchev–Trinajstić information content (AvgIpc) is 2.79. The number of hydrogen-bond acceptors (Lipinski definition) is 4. The molecule has 2 rings (SSSR count). The predicted octanol–water partition coefficient (Wildman–Crippen LogP) is 2.67. The van der Waals surface area contributed by atoms with E-state index in [9.17, 15) is 23.1 Å². The van der Waals surface area contributed by atoms with E-state index in [4.69, 9.17) is 11.6 Å². The molecule has 0 unspecified atom stereocenters. The van der Waals surface area contributed by atoms with E-state index in [2.05, 4.69) is 0 Å². The fourth-order valence-corrected chi connectivity index (χ4v) is 4.17. The maximum atomic E-state index is 11.7. The summed E-state index contributed by atoms with van der Waals surface area (Å²) < 4.78 is 23.1. The Morgan fingerprint density at radius 2 is 2.14 bits per heavy atom. The summed E-state index contributed by atoms with van der Waals surface area (Å²) in [6.45, 7) is 0. The van der Waals surface area contributed by atoms with Crippen molar-refractivity contribution in [2.24, 2.45) is 5.92 Å². The quantitative estimate of drug-likeness (QED) is 0.887. The van der Waals surface area contributed by atoms with E-state index in [1.54, 1.807) is 0 Å². The molecule has 0 bridgehead atoms. The minimum atomic E-state index is -3.46. The highest BCUT2D eigenvalue weighted by Crippen LogP contribution is 2.34. The van der Waals surface area contributed by atoms with Gasteiger partial charge in [-0.05, 0) is 37.0 Å². The van der Waals surface area contributed by atoms with E-state index in [-0.39, 0.29) is 28.0 Å². The largest absolute Gasteiger partial charge is 0.481 e. The van der Waals surface area contributed by atoms with Crippen LogP contribution in [0.4, 0.5) is 0 Å². The number of aliphatic carboxylic acids is 1. The lowest BCUT2D eigenvalue weighted by molar-refractivity contribution is -0.139. The molecule has 1 aliphatic rings. The zero-order valence-electron chi connectivity index (χ0n) is 12.1. The molecule has 7 heteroatoms. The summed E-state index contributed by atoms with van der Waals surface area (Å²) in [6.07, 6.45) is 3.27. The fraction of sp³-hybridized carbons (Fsp3) is 0.467. The zero-order valence-corrected chi connectivity index (χ0v) is 13.7. The third-order valence-electron chi connectivity index (χ3n) is 4.01. The first-order valence-electron chi connectivity index (χ1n) is 6.95. The first-order chi connectivity index (χ1) is 10.2. The number of carboxylic acids is 1. The van der Waals surface area contributed by atoms with Crippen LogP contribution in [0.15, 0.2) is 23.1 Å². The molecule has 0 amide bonds. The number of halogens is 1. The second-order valence-corrected chi connectivity index (χ2v) is 8.04. The number of carboxylic acid groups (broad SMARTS) is 1. The second kappa shape index (κ2) is 6.38. The lowest BCUT2D eigenvalue weighted by Gasteiger charge is -2.17. The average molecular weight is 345 g/mol. The molecule has 5 nitrogen and oxygen atoms in total. The Hall–Kier alpha value is -1.40. The van der Waals surface area contributed by atoms with E-state index >= 15 is 0 Å². The van der Waals surface area contributed by atoms with Gasteiger partial charge in [0.15, 0.2) is 9.84 Å². The van der Waals surface area contributed by atoms with Crippen LogP contribution in [0.1, 0.15) is 37.2 Å². The molecule has 1 N–H and O–H groups in total.